The van der Waals surface area contributed by atoms with Crippen LogP contribution in [0.15, 0.2) is 48.5 Å². The average Bonchev–Trinajstić information content (AvgIpc) is 3.12. The van der Waals surface area contributed by atoms with Crippen LogP contribution in [-0.2, 0) is 24.3 Å². The standard InChI is InChI=1S/C21H25FN2O/c22-20-5-3-4-17(14-20)10-11-21(25)23-15-18-6-8-19(9-7-18)16-24-12-1-2-13-24/h3-9,14H,1-2,10-13,15-16H2,(H,23,25). The fourth-order valence-corrected chi connectivity index (χ4v) is 3.20. The molecule has 1 fully saturated rings. The summed E-state index contributed by atoms with van der Waals surface area (Å²) in [4.78, 5) is 14.4. The highest BCUT2D eigenvalue weighted by Crippen LogP contribution is 2.13. The maximum absolute atomic E-state index is 13.1. The van der Waals surface area contributed by atoms with Crippen LogP contribution < -0.4 is 5.32 Å². The van der Waals surface area contributed by atoms with Crippen LogP contribution in [0.5, 0.6) is 0 Å². The van der Waals surface area contributed by atoms with Crippen molar-refractivity contribution in [3.05, 3.63) is 71.0 Å². The number of likely N-dealkylation sites (tertiary alicyclic amines) is 1. The fraction of sp³-hybridized carbons (Fsp3) is 0.381. The van der Waals surface area contributed by atoms with Gasteiger partial charge in [0.2, 0.25) is 5.91 Å². The zero-order valence-corrected chi connectivity index (χ0v) is 14.5. The van der Waals surface area contributed by atoms with Crippen molar-refractivity contribution in [3.63, 3.8) is 0 Å². The number of carbonyl (C=O) groups excluding carboxylic acids is 1. The van der Waals surface area contributed by atoms with Gasteiger partial charge in [0.15, 0.2) is 0 Å². The SMILES string of the molecule is O=C(CCc1cccc(F)c1)NCc1ccc(CN2CCCC2)cc1. The average molecular weight is 340 g/mol. The van der Waals surface area contributed by atoms with Crippen molar-refractivity contribution >= 4 is 5.91 Å². The Kier molecular flexibility index (Phi) is 6.18. The third-order valence-corrected chi connectivity index (χ3v) is 4.65. The topological polar surface area (TPSA) is 32.3 Å². The summed E-state index contributed by atoms with van der Waals surface area (Å²) in [5.74, 6) is -0.266. The molecule has 25 heavy (non-hydrogen) atoms. The highest BCUT2D eigenvalue weighted by atomic mass is 19.1. The maximum Gasteiger partial charge on any atom is 0.220 e. The molecule has 1 aliphatic heterocycles. The Morgan fingerprint density at radius 2 is 1.72 bits per heavy atom. The number of nitrogens with zero attached hydrogens (tertiary/aromatic N) is 1. The van der Waals surface area contributed by atoms with Gasteiger partial charge >= 0.3 is 0 Å². The second-order valence-corrected chi connectivity index (χ2v) is 6.71. The minimum Gasteiger partial charge on any atom is -0.352 e. The van der Waals surface area contributed by atoms with E-state index < -0.39 is 0 Å². The van der Waals surface area contributed by atoms with E-state index in [4.69, 9.17) is 0 Å². The molecule has 3 rings (SSSR count). The molecule has 0 aliphatic carbocycles. The molecule has 1 heterocycles. The van der Waals surface area contributed by atoms with Gasteiger partial charge in [0.1, 0.15) is 5.82 Å². The zero-order chi connectivity index (χ0) is 17.5. The highest BCUT2D eigenvalue weighted by Gasteiger charge is 2.11. The molecule has 3 nitrogen and oxygen atoms in total. The van der Waals surface area contributed by atoms with Gasteiger partial charge in [0.05, 0.1) is 0 Å². The van der Waals surface area contributed by atoms with E-state index in [9.17, 15) is 9.18 Å². The Morgan fingerprint density at radius 3 is 2.44 bits per heavy atom. The first-order chi connectivity index (χ1) is 12.2. The van der Waals surface area contributed by atoms with Crippen LogP contribution in [-0.4, -0.2) is 23.9 Å². The van der Waals surface area contributed by atoms with Gasteiger partial charge in [-0.3, -0.25) is 9.69 Å². The summed E-state index contributed by atoms with van der Waals surface area (Å²) in [6.07, 6.45) is 3.54. The van der Waals surface area contributed by atoms with E-state index in [2.05, 4.69) is 34.5 Å². The maximum atomic E-state index is 13.1. The minimum atomic E-state index is -0.257. The molecule has 1 amide bonds. The van der Waals surface area contributed by atoms with Crippen LogP contribution in [0.1, 0.15) is 36.0 Å². The van der Waals surface area contributed by atoms with E-state index in [1.165, 1.54) is 43.6 Å². The second-order valence-electron chi connectivity index (χ2n) is 6.71. The molecule has 0 spiro atoms. The molecule has 1 aliphatic rings. The third kappa shape index (κ3) is 5.68. The van der Waals surface area contributed by atoms with Gasteiger partial charge in [-0.25, -0.2) is 4.39 Å². The third-order valence-electron chi connectivity index (χ3n) is 4.65. The molecular formula is C21H25FN2O. The molecule has 0 aromatic heterocycles. The van der Waals surface area contributed by atoms with Crippen LogP contribution in [0, 0.1) is 5.82 Å². The smallest absolute Gasteiger partial charge is 0.220 e. The predicted molar refractivity (Wildman–Crippen MR) is 97.5 cm³/mol. The number of benzene rings is 2. The number of hydrogen-bond donors (Lipinski definition) is 1. The molecule has 0 unspecified atom stereocenters. The summed E-state index contributed by atoms with van der Waals surface area (Å²) < 4.78 is 13.1. The summed E-state index contributed by atoms with van der Waals surface area (Å²) in [6.45, 7) is 3.94. The van der Waals surface area contributed by atoms with Gasteiger partial charge in [-0.1, -0.05) is 36.4 Å². The molecule has 1 N–H and O–H groups in total. The lowest BCUT2D eigenvalue weighted by Crippen LogP contribution is -2.23. The Bertz CT molecular complexity index is 693. The minimum absolute atomic E-state index is 0.00888. The van der Waals surface area contributed by atoms with E-state index in [0.717, 1.165) is 17.7 Å². The second kappa shape index (κ2) is 8.77. The first-order valence-electron chi connectivity index (χ1n) is 9.00. The number of aryl methyl sites for hydroxylation is 1. The van der Waals surface area contributed by atoms with E-state index in [0.29, 0.717) is 19.4 Å². The summed E-state index contributed by atoms with van der Waals surface area (Å²) in [7, 11) is 0. The van der Waals surface area contributed by atoms with Crippen LogP contribution in [0.2, 0.25) is 0 Å². The number of nitrogens with one attached hydrogen (secondary N) is 1. The van der Waals surface area contributed by atoms with Crippen molar-refractivity contribution < 1.29 is 9.18 Å². The molecule has 132 valence electrons. The van der Waals surface area contributed by atoms with Gasteiger partial charge in [-0.15, -0.1) is 0 Å². The Labute approximate surface area is 148 Å². The van der Waals surface area contributed by atoms with Crippen molar-refractivity contribution in [1.29, 1.82) is 0 Å². The van der Waals surface area contributed by atoms with E-state index in [1.54, 1.807) is 6.07 Å². The predicted octanol–water partition coefficient (Wildman–Crippen LogP) is 3.67. The molecule has 0 atom stereocenters. The van der Waals surface area contributed by atoms with E-state index >= 15 is 0 Å². The number of rotatable bonds is 7. The lowest BCUT2D eigenvalue weighted by Gasteiger charge is -2.14. The number of amides is 1. The van der Waals surface area contributed by atoms with Crippen LogP contribution in [0.25, 0.3) is 0 Å². The van der Waals surface area contributed by atoms with E-state index in [1.807, 2.05) is 6.07 Å². The van der Waals surface area contributed by atoms with Gasteiger partial charge in [0.25, 0.3) is 0 Å². The summed E-state index contributed by atoms with van der Waals surface area (Å²) in [5.41, 5.74) is 3.27. The normalized spacial score (nSPS) is 14.6. The van der Waals surface area contributed by atoms with Crippen molar-refractivity contribution in [2.45, 2.75) is 38.8 Å². The molecule has 4 heteroatoms. The lowest BCUT2D eigenvalue weighted by molar-refractivity contribution is -0.121. The number of halogens is 1. The van der Waals surface area contributed by atoms with Crippen LogP contribution >= 0.6 is 0 Å². The Morgan fingerprint density at radius 1 is 1.00 bits per heavy atom. The number of carbonyl (C=O) groups is 1. The van der Waals surface area contributed by atoms with Crippen LogP contribution in [0.3, 0.4) is 0 Å². The van der Waals surface area contributed by atoms with Crippen molar-refractivity contribution in [3.8, 4) is 0 Å². The molecule has 1 saturated heterocycles. The van der Waals surface area contributed by atoms with Crippen molar-refractivity contribution in [1.82, 2.24) is 10.2 Å². The first kappa shape index (κ1) is 17.6. The lowest BCUT2D eigenvalue weighted by atomic mass is 10.1. The van der Waals surface area contributed by atoms with Gasteiger partial charge in [0, 0.05) is 19.5 Å². The van der Waals surface area contributed by atoms with E-state index in [-0.39, 0.29) is 11.7 Å². The summed E-state index contributed by atoms with van der Waals surface area (Å²) in [6, 6.07) is 14.9. The molecule has 0 saturated carbocycles. The monoisotopic (exact) mass is 340 g/mol. The Balaban J connectivity index is 1.40. The highest BCUT2D eigenvalue weighted by molar-refractivity contribution is 5.76. The number of hydrogen-bond acceptors (Lipinski definition) is 2. The molecule has 2 aromatic rings. The summed E-state index contributed by atoms with van der Waals surface area (Å²) >= 11 is 0. The molecule has 0 radical (unpaired) electrons. The molecule has 2 aromatic carbocycles. The fourth-order valence-electron chi connectivity index (χ4n) is 3.20. The van der Waals surface area contributed by atoms with Gasteiger partial charge in [-0.2, -0.15) is 0 Å². The van der Waals surface area contributed by atoms with Gasteiger partial charge < -0.3 is 5.32 Å². The Hall–Kier alpha value is -2.20. The molecular weight excluding hydrogens is 315 g/mol. The molecule has 0 bridgehead atoms. The van der Waals surface area contributed by atoms with Gasteiger partial charge in [-0.05, 0) is 61.2 Å². The summed E-state index contributed by atoms with van der Waals surface area (Å²) in [5, 5.41) is 2.93. The largest absolute Gasteiger partial charge is 0.352 e. The zero-order valence-electron chi connectivity index (χ0n) is 14.5. The quantitative estimate of drug-likeness (QED) is 0.834. The first-order valence-corrected chi connectivity index (χ1v) is 9.00. The van der Waals surface area contributed by atoms with Crippen molar-refractivity contribution in [2.75, 3.05) is 13.1 Å². The van der Waals surface area contributed by atoms with Crippen molar-refractivity contribution in [2.24, 2.45) is 0 Å². The van der Waals surface area contributed by atoms with Crippen LogP contribution in [0.4, 0.5) is 4.39 Å².